The van der Waals surface area contributed by atoms with Gasteiger partial charge in [-0.3, -0.25) is 0 Å². The highest BCUT2D eigenvalue weighted by Gasteiger charge is 2.37. The maximum absolute atomic E-state index is 12.5. The number of hydrogen-bond donors (Lipinski definition) is 0. The predicted octanol–water partition coefficient (Wildman–Crippen LogP) is 1.91. The van der Waals surface area contributed by atoms with Gasteiger partial charge in [0.05, 0.1) is 16.7 Å². The molecule has 0 aromatic carbocycles. The molecule has 20 heavy (non-hydrogen) atoms. The van der Waals surface area contributed by atoms with Crippen molar-refractivity contribution in [2.45, 2.75) is 56.1 Å². The van der Waals surface area contributed by atoms with Gasteiger partial charge in [-0.2, -0.15) is 0 Å². The summed E-state index contributed by atoms with van der Waals surface area (Å²) in [4.78, 5) is 6.48. The van der Waals surface area contributed by atoms with E-state index >= 15 is 0 Å². The second-order valence-electron chi connectivity index (χ2n) is 5.99. The summed E-state index contributed by atoms with van der Waals surface area (Å²) in [7, 11) is -3.12. The largest absolute Gasteiger partial charge is 0.448 e. The molecule has 1 aliphatic carbocycles. The Bertz CT molecular complexity index is 561. The lowest BCUT2D eigenvalue weighted by Crippen LogP contribution is -2.32. The first-order valence-corrected chi connectivity index (χ1v) is 9.12. The van der Waals surface area contributed by atoms with E-state index in [0.29, 0.717) is 17.5 Å². The second-order valence-corrected chi connectivity index (χ2v) is 8.28. The van der Waals surface area contributed by atoms with E-state index in [1.807, 2.05) is 0 Å². The van der Waals surface area contributed by atoms with Crippen molar-refractivity contribution in [1.82, 2.24) is 9.88 Å². The summed E-state index contributed by atoms with van der Waals surface area (Å²) in [6, 6.07) is 0.468. The SMILES string of the molecule is Cc1ocnc1CS(=O)(=O)[C@H]1CC[C@H](N2CCCC2)C1. The molecule has 0 N–H and O–H groups in total. The van der Waals surface area contributed by atoms with Crippen LogP contribution in [0.25, 0.3) is 0 Å². The first-order chi connectivity index (χ1) is 9.56. The Hall–Kier alpha value is -0.880. The van der Waals surface area contributed by atoms with Gasteiger partial charge in [-0.15, -0.1) is 0 Å². The molecular formula is C14H22N2O3S. The van der Waals surface area contributed by atoms with E-state index in [1.165, 1.54) is 19.2 Å². The molecule has 1 aromatic heterocycles. The van der Waals surface area contributed by atoms with Crippen LogP contribution in [-0.4, -0.2) is 42.7 Å². The molecule has 0 radical (unpaired) electrons. The van der Waals surface area contributed by atoms with Gasteiger partial charge < -0.3 is 9.32 Å². The van der Waals surface area contributed by atoms with E-state index in [-0.39, 0.29) is 11.0 Å². The zero-order valence-electron chi connectivity index (χ0n) is 11.9. The van der Waals surface area contributed by atoms with E-state index in [4.69, 9.17) is 4.42 Å². The third-order valence-corrected chi connectivity index (χ3v) is 6.82. The summed E-state index contributed by atoms with van der Waals surface area (Å²) in [5.74, 6) is 0.634. The number of hydrogen-bond acceptors (Lipinski definition) is 5. The molecule has 2 aliphatic rings. The minimum atomic E-state index is -3.12. The molecule has 2 atom stereocenters. The third kappa shape index (κ3) is 2.76. The fraction of sp³-hybridized carbons (Fsp3) is 0.786. The summed E-state index contributed by atoms with van der Waals surface area (Å²) >= 11 is 0. The van der Waals surface area contributed by atoms with Crippen molar-refractivity contribution in [2.24, 2.45) is 0 Å². The van der Waals surface area contributed by atoms with Crippen LogP contribution in [0.4, 0.5) is 0 Å². The topological polar surface area (TPSA) is 63.4 Å². The van der Waals surface area contributed by atoms with E-state index in [9.17, 15) is 8.42 Å². The third-order valence-electron chi connectivity index (χ3n) is 4.70. The number of rotatable bonds is 4. The summed E-state index contributed by atoms with van der Waals surface area (Å²) < 4.78 is 30.1. The van der Waals surface area contributed by atoms with Gasteiger partial charge in [0.2, 0.25) is 0 Å². The molecule has 0 spiro atoms. The smallest absolute Gasteiger partial charge is 0.181 e. The molecule has 0 amide bonds. The highest BCUT2D eigenvalue weighted by atomic mass is 32.2. The highest BCUT2D eigenvalue weighted by Crippen LogP contribution is 2.32. The van der Waals surface area contributed by atoms with Crippen LogP contribution in [0.2, 0.25) is 0 Å². The number of aromatic nitrogens is 1. The lowest BCUT2D eigenvalue weighted by molar-refractivity contribution is 0.247. The molecule has 2 fully saturated rings. The van der Waals surface area contributed by atoms with Gasteiger partial charge in [0.15, 0.2) is 16.2 Å². The molecule has 1 aromatic rings. The molecule has 0 bridgehead atoms. The van der Waals surface area contributed by atoms with E-state index in [0.717, 1.165) is 32.4 Å². The van der Waals surface area contributed by atoms with Crippen molar-refractivity contribution < 1.29 is 12.8 Å². The zero-order valence-corrected chi connectivity index (χ0v) is 12.7. The van der Waals surface area contributed by atoms with Crippen LogP contribution < -0.4 is 0 Å². The normalized spacial score (nSPS) is 28.2. The Kier molecular flexibility index (Phi) is 3.86. The lowest BCUT2D eigenvalue weighted by Gasteiger charge is -2.23. The summed E-state index contributed by atoms with van der Waals surface area (Å²) in [5.41, 5.74) is 0.564. The van der Waals surface area contributed by atoms with Crippen LogP contribution in [0.15, 0.2) is 10.8 Å². The molecule has 112 valence electrons. The summed E-state index contributed by atoms with van der Waals surface area (Å²) in [6.07, 6.45) is 6.43. The van der Waals surface area contributed by atoms with Crippen LogP contribution in [0.3, 0.4) is 0 Å². The average molecular weight is 298 g/mol. The lowest BCUT2D eigenvalue weighted by atomic mass is 10.2. The van der Waals surface area contributed by atoms with Crippen molar-refractivity contribution >= 4 is 9.84 Å². The minimum Gasteiger partial charge on any atom is -0.448 e. The fourth-order valence-corrected chi connectivity index (χ4v) is 5.36. The Balaban J connectivity index is 1.65. The second kappa shape index (κ2) is 5.48. The minimum absolute atomic E-state index is 0.0206. The van der Waals surface area contributed by atoms with Crippen LogP contribution in [-0.2, 0) is 15.6 Å². The van der Waals surface area contributed by atoms with Crippen molar-refractivity contribution in [1.29, 1.82) is 0 Å². The van der Waals surface area contributed by atoms with E-state index < -0.39 is 9.84 Å². The maximum atomic E-state index is 12.5. The molecule has 0 unspecified atom stereocenters. The van der Waals surface area contributed by atoms with Crippen LogP contribution in [0.5, 0.6) is 0 Å². The quantitative estimate of drug-likeness (QED) is 0.849. The monoisotopic (exact) mass is 298 g/mol. The van der Waals surface area contributed by atoms with Crippen LogP contribution >= 0.6 is 0 Å². The van der Waals surface area contributed by atoms with Gasteiger partial charge >= 0.3 is 0 Å². The van der Waals surface area contributed by atoms with Crippen LogP contribution in [0, 0.1) is 6.92 Å². The highest BCUT2D eigenvalue weighted by molar-refractivity contribution is 7.91. The number of likely N-dealkylation sites (tertiary alicyclic amines) is 1. The number of oxazole rings is 1. The molecule has 1 saturated heterocycles. The van der Waals surface area contributed by atoms with E-state index in [1.54, 1.807) is 6.92 Å². The van der Waals surface area contributed by atoms with E-state index in [2.05, 4.69) is 9.88 Å². The molecule has 2 heterocycles. The first kappa shape index (κ1) is 14.1. The molecular weight excluding hydrogens is 276 g/mol. The van der Waals surface area contributed by atoms with Crippen molar-refractivity contribution in [3.63, 3.8) is 0 Å². The molecule has 5 nitrogen and oxygen atoms in total. The Morgan fingerprint density at radius 2 is 2.10 bits per heavy atom. The van der Waals surface area contributed by atoms with Gasteiger partial charge in [-0.1, -0.05) is 0 Å². The first-order valence-electron chi connectivity index (χ1n) is 7.41. The van der Waals surface area contributed by atoms with Gasteiger partial charge in [-0.05, 0) is 52.1 Å². The number of aryl methyl sites for hydroxylation is 1. The molecule has 1 saturated carbocycles. The van der Waals surface area contributed by atoms with Crippen molar-refractivity contribution in [3.8, 4) is 0 Å². The fourth-order valence-electron chi connectivity index (χ4n) is 3.46. The van der Waals surface area contributed by atoms with Gasteiger partial charge in [-0.25, -0.2) is 13.4 Å². The molecule has 6 heteroatoms. The van der Waals surface area contributed by atoms with Crippen molar-refractivity contribution in [3.05, 3.63) is 17.8 Å². The van der Waals surface area contributed by atoms with Gasteiger partial charge in [0, 0.05) is 6.04 Å². The molecule has 3 rings (SSSR count). The van der Waals surface area contributed by atoms with Gasteiger partial charge in [0.1, 0.15) is 5.76 Å². The molecule has 1 aliphatic heterocycles. The predicted molar refractivity (Wildman–Crippen MR) is 76.1 cm³/mol. The van der Waals surface area contributed by atoms with Gasteiger partial charge in [0.25, 0.3) is 0 Å². The number of sulfone groups is 1. The van der Waals surface area contributed by atoms with Crippen LogP contribution in [0.1, 0.15) is 43.6 Å². The Morgan fingerprint density at radius 3 is 2.75 bits per heavy atom. The summed E-state index contributed by atoms with van der Waals surface area (Å²) in [5, 5.41) is -0.204. The van der Waals surface area contributed by atoms with Crippen molar-refractivity contribution in [2.75, 3.05) is 13.1 Å². The maximum Gasteiger partial charge on any atom is 0.181 e. The average Bonchev–Trinajstić information content (AvgIpc) is 3.10. The standard InChI is InChI=1S/C14H22N2O3S/c1-11-14(15-10-19-11)9-20(17,18)13-5-4-12(8-13)16-6-2-3-7-16/h10,12-13H,2-9H2,1H3/t12-,13-/m0/s1. The zero-order chi connectivity index (χ0) is 14.2. The summed E-state index contributed by atoms with van der Waals surface area (Å²) in [6.45, 7) is 4.04. The number of nitrogens with zero attached hydrogens (tertiary/aromatic N) is 2. The Labute approximate surface area is 120 Å². The Morgan fingerprint density at radius 1 is 1.35 bits per heavy atom.